The van der Waals surface area contributed by atoms with Crippen LogP contribution in [0.15, 0.2) is 23.8 Å². The van der Waals surface area contributed by atoms with Gasteiger partial charge in [0.1, 0.15) is 12.2 Å². The van der Waals surface area contributed by atoms with Crippen LogP contribution in [0.4, 0.5) is 0 Å². The highest BCUT2D eigenvalue weighted by molar-refractivity contribution is 5.96. The Morgan fingerprint density at radius 1 is 1.42 bits per heavy atom. The third-order valence-electron chi connectivity index (χ3n) is 4.97. The number of carbonyl (C=O) groups excluding carboxylic acids is 3. The van der Waals surface area contributed by atoms with E-state index in [0.29, 0.717) is 5.57 Å². The van der Waals surface area contributed by atoms with Gasteiger partial charge < -0.3 is 19.7 Å². The largest absolute Gasteiger partial charge is 0.461 e. The van der Waals surface area contributed by atoms with Gasteiger partial charge in [-0.05, 0) is 25.5 Å². The van der Waals surface area contributed by atoms with E-state index in [1.54, 1.807) is 20.8 Å². The van der Waals surface area contributed by atoms with E-state index in [2.05, 4.69) is 6.58 Å². The number of Topliss-reactive ketones (excluding diaryl/α,β-unsaturated/α-hetero) is 1. The number of esters is 2. The Morgan fingerprint density at radius 3 is 2.62 bits per heavy atom. The third-order valence-corrected chi connectivity index (χ3v) is 4.97. The predicted molar refractivity (Wildman–Crippen MR) is 91.9 cm³/mol. The minimum atomic E-state index is -1.70. The van der Waals surface area contributed by atoms with Crippen LogP contribution in [0, 0.1) is 11.8 Å². The first kappa shape index (κ1) is 20.3. The van der Waals surface area contributed by atoms with E-state index in [0.717, 1.165) is 0 Å². The number of fused-ring (bicyclic) bond motifs is 1. The summed E-state index contributed by atoms with van der Waals surface area (Å²) in [4.78, 5) is 36.4. The van der Waals surface area contributed by atoms with E-state index >= 15 is 0 Å². The number of rotatable bonds is 2. The molecule has 2 aliphatic rings. The number of hydrogen-bond donors (Lipinski definition) is 2. The molecule has 0 spiro atoms. The van der Waals surface area contributed by atoms with Crippen molar-refractivity contribution in [2.24, 2.45) is 11.8 Å². The van der Waals surface area contributed by atoms with Gasteiger partial charge in [-0.15, -0.1) is 0 Å². The summed E-state index contributed by atoms with van der Waals surface area (Å²) < 4.78 is 10.8. The van der Waals surface area contributed by atoms with Gasteiger partial charge in [-0.3, -0.25) is 9.59 Å². The van der Waals surface area contributed by atoms with Crippen LogP contribution >= 0.6 is 0 Å². The number of allylic oxidation sites excluding steroid dienone is 1. The maximum atomic E-state index is 12.2. The number of hydrogen-bond acceptors (Lipinski definition) is 7. The van der Waals surface area contributed by atoms with Crippen LogP contribution < -0.4 is 0 Å². The van der Waals surface area contributed by atoms with E-state index < -0.39 is 47.7 Å². The first-order valence-electron chi connectivity index (χ1n) is 8.66. The second-order valence-electron chi connectivity index (χ2n) is 7.61. The van der Waals surface area contributed by atoms with E-state index in [9.17, 15) is 24.6 Å². The normalized spacial score (nSPS) is 37.7. The molecule has 5 atom stereocenters. The van der Waals surface area contributed by atoms with Gasteiger partial charge >= 0.3 is 11.9 Å². The molecule has 144 valence electrons. The van der Waals surface area contributed by atoms with Crippen molar-refractivity contribution >= 4 is 17.7 Å². The number of ether oxygens (including phenoxy) is 2. The average Bonchev–Trinajstić information content (AvgIpc) is 2.79. The molecule has 1 saturated heterocycles. The molecule has 0 amide bonds. The first-order valence-corrected chi connectivity index (χ1v) is 8.66. The Labute approximate surface area is 152 Å². The topological polar surface area (TPSA) is 110 Å². The Bertz CT molecular complexity index is 659. The summed E-state index contributed by atoms with van der Waals surface area (Å²) in [7, 11) is 0. The molecule has 26 heavy (non-hydrogen) atoms. The summed E-state index contributed by atoms with van der Waals surface area (Å²) in [6.07, 6.45) is -2.06. The van der Waals surface area contributed by atoms with Crippen molar-refractivity contribution < 1.29 is 34.1 Å². The molecule has 0 aromatic rings. The van der Waals surface area contributed by atoms with Gasteiger partial charge in [-0.2, -0.15) is 0 Å². The van der Waals surface area contributed by atoms with E-state index in [-0.39, 0.29) is 24.2 Å². The Morgan fingerprint density at radius 2 is 2.04 bits per heavy atom. The highest BCUT2D eigenvalue weighted by atomic mass is 16.6. The predicted octanol–water partition coefficient (Wildman–Crippen LogP) is 1.07. The minimum Gasteiger partial charge on any atom is -0.461 e. The van der Waals surface area contributed by atoms with Gasteiger partial charge in [0, 0.05) is 18.4 Å². The fourth-order valence-corrected chi connectivity index (χ4v) is 3.15. The monoisotopic (exact) mass is 366 g/mol. The lowest BCUT2D eigenvalue weighted by atomic mass is 9.79. The molecule has 0 bridgehead atoms. The third kappa shape index (κ3) is 4.04. The van der Waals surface area contributed by atoms with E-state index in [1.165, 1.54) is 13.0 Å². The van der Waals surface area contributed by atoms with Crippen molar-refractivity contribution in [1.82, 2.24) is 0 Å². The maximum Gasteiger partial charge on any atom is 0.334 e. The summed E-state index contributed by atoms with van der Waals surface area (Å²) in [6, 6.07) is 0. The number of aliphatic hydroxyl groups is 2. The maximum absolute atomic E-state index is 12.2. The fourth-order valence-electron chi connectivity index (χ4n) is 3.15. The van der Waals surface area contributed by atoms with Crippen LogP contribution in [0.1, 0.15) is 40.5 Å². The van der Waals surface area contributed by atoms with Crippen molar-refractivity contribution in [3.63, 3.8) is 0 Å². The van der Waals surface area contributed by atoms with Crippen LogP contribution in [0.25, 0.3) is 0 Å². The lowest BCUT2D eigenvalue weighted by Gasteiger charge is -2.36. The van der Waals surface area contributed by atoms with Crippen molar-refractivity contribution in [3.8, 4) is 0 Å². The lowest BCUT2D eigenvalue weighted by Crippen LogP contribution is -2.48. The number of ketones is 1. The van der Waals surface area contributed by atoms with Crippen LogP contribution in [0.2, 0.25) is 0 Å². The standard InChI is InChI=1S/C19H26O7/c1-9(2)17(22)26-14-8-19(5,24)15(21)7-12(20)10(3)6-13-16(14)11(4)18(23)25-13/h6,9,13-16,21,24H,4,7-8H2,1-3,5H3/b10-6-/t13-,14-,15-,16+,19-/m1/s1. The molecular weight excluding hydrogens is 340 g/mol. The summed E-state index contributed by atoms with van der Waals surface area (Å²) in [6.45, 7) is 9.99. The minimum absolute atomic E-state index is 0.110. The highest BCUT2D eigenvalue weighted by Crippen LogP contribution is 2.38. The zero-order valence-corrected chi connectivity index (χ0v) is 15.5. The molecule has 1 aliphatic heterocycles. The Kier molecular flexibility index (Phi) is 5.73. The van der Waals surface area contributed by atoms with Gasteiger partial charge in [0.05, 0.1) is 23.5 Å². The molecule has 1 aliphatic carbocycles. The molecule has 0 saturated carbocycles. The Hall–Kier alpha value is -1.99. The van der Waals surface area contributed by atoms with E-state index in [1.807, 2.05) is 0 Å². The molecule has 7 heteroatoms. The molecule has 0 unspecified atom stereocenters. The zero-order chi connectivity index (χ0) is 19.8. The number of carbonyl (C=O) groups is 3. The molecule has 1 heterocycles. The smallest absolute Gasteiger partial charge is 0.334 e. The van der Waals surface area contributed by atoms with Gasteiger partial charge in [0.25, 0.3) is 0 Å². The molecule has 7 nitrogen and oxygen atoms in total. The van der Waals surface area contributed by atoms with Crippen LogP contribution in [-0.2, 0) is 23.9 Å². The molecule has 0 radical (unpaired) electrons. The molecular formula is C19H26O7. The van der Waals surface area contributed by atoms with Crippen molar-refractivity contribution in [1.29, 1.82) is 0 Å². The molecule has 2 rings (SSSR count). The van der Waals surface area contributed by atoms with Gasteiger partial charge in [0.15, 0.2) is 5.78 Å². The fraction of sp³-hybridized carbons (Fsp3) is 0.632. The summed E-state index contributed by atoms with van der Waals surface area (Å²) in [5.41, 5.74) is -1.29. The molecule has 1 fully saturated rings. The highest BCUT2D eigenvalue weighted by Gasteiger charge is 2.48. The molecule has 0 aromatic carbocycles. The van der Waals surface area contributed by atoms with Gasteiger partial charge in [0.2, 0.25) is 0 Å². The quantitative estimate of drug-likeness (QED) is 0.556. The Balaban J connectivity index is 2.50. The van der Waals surface area contributed by atoms with Gasteiger partial charge in [-0.1, -0.05) is 20.4 Å². The lowest BCUT2D eigenvalue weighted by molar-refractivity contribution is -0.164. The molecule has 2 N–H and O–H groups in total. The van der Waals surface area contributed by atoms with Crippen molar-refractivity contribution in [3.05, 3.63) is 23.8 Å². The van der Waals surface area contributed by atoms with Crippen LogP contribution in [-0.4, -0.2) is 51.8 Å². The van der Waals surface area contributed by atoms with E-state index in [4.69, 9.17) is 9.47 Å². The summed E-state index contributed by atoms with van der Waals surface area (Å²) in [5.74, 6) is -2.65. The first-order chi connectivity index (χ1) is 11.9. The van der Waals surface area contributed by atoms with Crippen molar-refractivity contribution in [2.75, 3.05) is 0 Å². The van der Waals surface area contributed by atoms with Gasteiger partial charge in [-0.25, -0.2) is 4.79 Å². The van der Waals surface area contributed by atoms with Crippen LogP contribution in [0.5, 0.6) is 0 Å². The average molecular weight is 366 g/mol. The van der Waals surface area contributed by atoms with Crippen LogP contribution in [0.3, 0.4) is 0 Å². The second kappa shape index (κ2) is 7.32. The van der Waals surface area contributed by atoms with Crippen molar-refractivity contribution in [2.45, 2.75) is 64.4 Å². The zero-order valence-electron chi connectivity index (χ0n) is 15.5. The summed E-state index contributed by atoms with van der Waals surface area (Å²) in [5, 5.41) is 21.0. The second-order valence-corrected chi connectivity index (χ2v) is 7.61. The molecule has 0 aromatic heterocycles. The SMILES string of the molecule is C=C1C(=O)O[C@@H]2/C=C(/C)C(=O)C[C@@H](O)[C@](C)(O)C[C@@H](OC(=O)C(C)C)[C@@H]12. The summed E-state index contributed by atoms with van der Waals surface area (Å²) >= 11 is 0. The number of aliphatic hydroxyl groups excluding tert-OH is 1.